The van der Waals surface area contributed by atoms with E-state index in [1.54, 1.807) is 0 Å². The zero-order valence-corrected chi connectivity index (χ0v) is 8.41. The zero-order chi connectivity index (χ0) is 9.80. The van der Waals surface area contributed by atoms with Crippen LogP contribution in [0.3, 0.4) is 0 Å². The molecule has 2 heteroatoms. The van der Waals surface area contributed by atoms with Crippen LogP contribution >= 0.6 is 0 Å². The van der Waals surface area contributed by atoms with Gasteiger partial charge in [-0.15, -0.1) is 0 Å². The Morgan fingerprint density at radius 1 is 1.29 bits per heavy atom. The highest BCUT2D eigenvalue weighted by Gasteiger charge is 2.22. The summed E-state index contributed by atoms with van der Waals surface area (Å²) in [5, 5.41) is 0. The van der Waals surface area contributed by atoms with Crippen LogP contribution in [0.4, 0.5) is 0 Å². The molecule has 0 aromatic heterocycles. The van der Waals surface area contributed by atoms with Gasteiger partial charge in [0.05, 0.1) is 6.61 Å². The van der Waals surface area contributed by atoms with Gasteiger partial charge in [0.15, 0.2) is 0 Å². The number of unbranched alkanes of at least 4 members (excludes halogenated alkanes) is 1. The van der Waals surface area contributed by atoms with Crippen molar-refractivity contribution < 1.29 is 4.74 Å². The first-order chi connectivity index (χ1) is 6.92. The summed E-state index contributed by atoms with van der Waals surface area (Å²) < 4.78 is 5.61. The van der Waals surface area contributed by atoms with Crippen LogP contribution in [0.5, 0.6) is 5.75 Å². The van der Waals surface area contributed by atoms with Gasteiger partial charge in [0.2, 0.25) is 0 Å². The Balaban J connectivity index is 1.96. The molecular weight excluding hydrogens is 174 g/mol. The number of ether oxygens (including phenoxy) is 1. The molecule has 0 fully saturated rings. The van der Waals surface area contributed by atoms with Gasteiger partial charge < -0.3 is 10.5 Å². The molecule has 1 aromatic carbocycles. The summed E-state index contributed by atoms with van der Waals surface area (Å²) in [7, 11) is 0. The number of fused-ring (bicyclic) bond motifs is 1. The average molecular weight is 191 g/mol. The molecule has 14 heavy (non-hydrogen) atoms. The molecule has 0 saturated heterocycles. The largest absolute Gasteiger partial charge is 0.493 e. The maximum absolute atomic E-state index is 5.61. The lowest BCUT2D eigenvalue weighted by molar-refractivity contribution is 0.322. The lowest BCUT2D eigenvalue weighted by Gasteiger charge is -2.07. The van der Waals surface area contributed by atoms with Crippen molar-refractivity contribution in [3.63, 3.8) is 0 Å². The minimum absolute atomic E-state index is 0.595. The highest BCUT2D eigenvalue weighted by atomic mass is 16.5. The van der Waals surface area contributed by atoms with Crippen LogP contribution in [0.15, 0.2) is 24.3 Å². The Bertz CT molecular complexity index is 298. The summed E-state index contributed by atoms with van der Waals surface area (Å²) in [5.74, 6) is 1.67. The smallest absolute Gasteiger partial charge is 0.122 e. The van der Waals surface area contributed by atoms with Crippen LogP contribution in [0.25, 0.3) is 0 Å². The van der Waals surface area contributed by atoms with E-state index < -0.39 is 0 Å². The number of rotatable bonds is 4. The Labute approximate surface area is 85.1 Å². The second-order valence-corrected chi connectivity index (χ2v) is 3.83. The number of benzene rings is 1. The first-order valence-electron chi connectivity index (χ1n) is 5.33. The van der Waals surface area contributed by atoms with Gasteiger partial charge in [-0.1, -0.05) is 24.6 Å². The quantitative estimate of drug-likeness (QED) is 0.741. The third kappa shape index (κ3) is 1.90. The molecule has 0 amide bonds. The fourth-order valence-electron chi connectivity index (χ4n) is 2.00. The monoisotopic (exact) mass is 191 g/mol. The maximum atomic E-state index is 5.61. The molecule has 1 heterocycles. The lowest BCUT2D eigenvalue weighted by atomic mass is 9.96. The van der Waals surface area contributed by atoms with Gasteiger partial charge >= 0.3 is 0 Å². The molecule has 0 bridgehead atoms. The van der Waals surface area contributed by atoms with Crippen molar-refractivity contribution >= 4 is 0 Å². The topological polar surface area (TPSA) is 35.2 Å². The molecule has 2 nitrogen and oxygen atoms in total. The van der Waals surface area contributed by atoms with Crippen LogP contribution in [0.1, 0.15) is 30.7 Å². The van der Waals surface area contributed by atoms with Gasteiger partial charge in [-0.05, 0) is 25.5 Å². The van der Waals surface area contributed by atoms with E-state index in [0.29, 0.717) is 5.92 Å². The van der Waals surface area contributed by atoms with Crippen LogP contribution < -0.4 is 10.5 Å². The van der Waals surface area contributed by atoms with Crippen LogP contribution in [-0.4, -0.2) is 13.2 Å². The maximum Gasteiger partial charge on any atom is 0.122 e. The highest BCUT2D eigenvalue weighted by molar-refractivity contribution is 5.39. The van der Waals surface area contributed by atoms with Crippen molar-refractivity contribution in [2.45, 2.75) is 25.2 Å². The fourth-order valence-corrected chi connectivity index (χ4v) is 2.00. The second-order valence-electron chi connectivity index (χ2n) is 3.83. The van der Waals surface area contributed by atoms with Crippen molar-refractivity contribution in [2.75, 3.05) is 13.2 Å². The highest BCUT2D eigenvalue weighted by Crippen LogP contribution is 2.36. The van der Waals surface area contributed by atoms with E-state index in [4.69, 9.17) is 10.5 Å². The van der Waals surface area contributed by atoms with Gasteiger partial charge in [-0.3, -0.25) is 0 Å². The van der Waals surface area contributed by atoms with Gasteiger partial charge in [0, 0.05) is 11.5 Å². The Morgan fingerprint density at radius 3 is 3.00 bits per heavy atom. The van der Waals surface area contributed by atoms with E-state index >= 15 is 0 Å². The molecule has 0 spiro atoms. The molecule has 0 aliphatic carbocycles. The third-order valence-electron chi connectivity index (χ3n) is 2.81. The molecule has 0 saturated carbocycles. The van der Waals surface area contributed by atoms with E-state index in [1.807, 2.05) is 6.07 Å². The van der Waals surface area contributed by atoms with Gasteiger partial charge in [0.1, 0.15) is 5.75 Å². The minimum Gasteiger partial charge on any atom is -0.493 e. The van der Waals surface area contributed by atoms with Crippen molar-refractivity contribution in [3.8, 4) is 5.75 Å². The Morgan fingerprint density at radius 2 is 2.14 bits per heavy atom. The summed E-state index contributed by atoms with van der Waals surface area (Å²) in [5.41, 5.74) is 6.86. The molecule has 1 aliphatic rings. The standard InChI is InChI=1S/C12H17NO/c13-8-4-3-5-10-9-14-12-7-2-1-6-11(10)12/h1-2,6-7,10H,3-5,8-9,13H2. The predicted octanol–water partition coefficient (Wildman–Crippen LogP) is 2.29. The Hall–Kier alpha value is -1.02. The van der Waals surface area contributed by atoms with Crippen LogP contribution in [0.2, 0.25) is 0 Å². The Kier molecular flexibility index (Phi) is 3.04. The molecule has 1 aromatic rings. The summed E-state index contributed by atoms with van der Waals surface area (Å²) in [4.78, 5) is 0. The number of nitrogens with two attached hydrogens (primary N) is 1. The molecule has 2 rings (SSSR count). The fraction of sp³-hybridized carbons (Fsp3) is 0.500. The average Bonchev–Trinajstić information content (AvgIpc) is 2.63. The van der Waals surface area contributed by atoms with E-state index in [9.17, 15) is 0 Å². The number of hydrogen-bond acceptors (Lipinski definition) is 2. The van der Waals surface area contributed by atoms with Gasteiger partial charge in [-0.25, -0.2) is 0 Å². The number of hydrogen-bond donors (Lipinski definition) is 1. The van der Waals surface area contributed by atoms with Crippen LogP contribution in [-0.2, 0) is 0 Å². The van der Waals surface area contributed by atoms with Crippen molar-refractivity contribution in [2.24, 2.45) is 5.73 Å². The first kappa shape index (κ1) is 9.53. The molecule has 1 atom stereocenters. The van der Waals surface area contributed by atoms with E-state index in [1.165, 1.54) is 18.4 Å². The SMILES string of the molecule is NCCCCC1COc2ccccc21. The van der Waals surface area contributed by atoms with Crippen molar-refractivity contribution in [1.82, 2.24) is 0 Å². The molecule has 1 aliphatic heterocycles. The molecule has 2 N–H and O–H groups in total. The first-order valence-corrected chi connectivity index (χ1v) is 5.33. The van der Waals surface area contributed by atoms with Gasteiger partial charge in [0.25, 0.3) is 0 Å². The predicted molar refractivity (Wildman–Crippen MR) is 57.6 cm³/mol. The zero-order valence-electron chi connectivity index (χ0n) is 8.41. The minimum atomic E-state index is 0.595. The third-order valence-corrected chi connectivity index (χ3v) is 2.81. The summed E-state index contributed by atoms with van der Waals surface area (Å²) in [6.07, 6.45) is 3.53. The summed E-state index contributed by atoms with van der Waals surface area (Å²) in [6, 6.07) is 8.35. The lowest BCUT2D eigenvalue weighted by Crippen LogP contribution is -2.03. The molecule has 0 radical (unpaired) electrons. The van der Waals surface area contributed by atoms with Gasteiger partial charge in [-0.2, -0.15) is 0 Å². The second kappa shape index (κ2) is 4.47. The summed E-state index contributed by atoms with van der Waals surface area (Å²) in [6.45, 7) is 1.65. The summed E-state index contributed by atoms with van der Waals surface area (Å²) >= 11 is 0. The molecular formula is C12H17NO. The molecule has 1 unspecified atom stereocenters. The van der Waals surface area contributed by atoms with E-state index in [0.717, 1.165) is 25.3 Å². The van der Waals surface area contributed by atoms with Crippen LogP contribution in [0, 0.1) is 0 Å². The molecule has 76 valence electrons. The normalized spacial score (nSPS) is 19.1. The van der Waals surface area contributed by atoms with Crippen molar-refractivity contribution in [3.05, 3.63) is 29.8 Å². The van der Waals surface area contributed by atoms with Crippen molar-refractivity contribution in [1.29, 1.82) is 0 Å². The van der Waals surface area contributed by atoms with E-state index in [-0.39, 0.29) is 0 Å². The van der Waals surface area contributed by atoms with E-state index in [2.05, 4.69) is 18.2 Å². The number of para-hydroxylation sites is 1.